The number of ether oxygens (including phenoxy) is 1. The Kier molecular flexibility index (Phi) is 4.14. The van der Waals surface area contributed by atoms with Gasteiger partial charge >= 0.3 is 0 Å². The van der Waals surface area contributed by atoms with E-state index < -0.39 is 0 Å². The maximum atomic E-state index is 5.86. The van der Waals surface area contributed by atoms with Crippen molar-refractivity contribution in [3.8, 4) is 5.75 Å². The number of nitrogens with one attached hydrogen (secondary N) is 1. The molecule has 0 atom stereocenters. The fourth-order valence-electron chi connectivity index (χ4n) is 2.65. The Morgan fingerprint density at radius 2 is 1.76 bits per heavy atom. The summed E-state index contributed by atoms with van der Waals surface area (Å²) < 4.78 is 5.86. The minimum absolute atomic E-state index is 0.187. The third kappa shape index (κ3) is 3.57. The van der Waals surface area contributed by atoms with Crippen LogP contribution >= 0.6 is 0 Å². The second kappa shape index (κ2) is 6.21. The molecule has 1 aliphatic carbocycles. The van der Waals surface area contributed by atoms with E-state index in [4.69, 9.17) is 4.74 Å². The fraction of sp³-hybridized carbons (Fsp3) is 0.368. The number of benzene rings is 2. The number of anilines is 1. The Balaban J connectivity index is 1.73. The van der Waals surface area contributed by atoms with Gasteiger partial charge in [0.05, 0.1) is 11.8 Å². The summed E-state index contributed by atoms with van der Waals surface area (Å²) >= 11 is 0. The molecule has 0 amide bonds. The van der Waals surface area contributed by atoms with E-state index in [-0.39, 0.29) is 6.10 Å². The average molecular weight is 281 g/mol. The molecule has 2 aromatic rings. The molecule has 0 bridgehead atoms. The molecule has 1 aliphatic rings. The van der Waals surface area contributed by atoms with Gasteiger partial charge in [0.15, 0.2) is 0 Å². The Hall–Kier alpha value is -1.96. The van der Waals surface area contributed by atoms with Crippen LogP contribution in [0.3, 0.4) is 0 Å². The van der Waals surface area contributed by atoms with Crippen LogP contribution < -0.4 is 10.1 Å². The molecule has 1 fully saturated rings. The Morgan fingerprint density at radius 3 is 2.52 bits per heavy atom. The predicted octanol–water partition coefficient (Wildman–Crippen LogP) is 4.96. The monoisotopic (exact) mass is 281 g/mol. The highest BCUT2D eigenvalue weighted by atomic mass is 16.5. The van der Waals surface area contributed by atoms with Gasteiger partial charge in [-0.1, -0.05) is 36.4 Å². The number of hydrogen-bond donors (Lipinski definition) is 1. The van der Waals surface area contributed by atoms with Crippen molar-refractivity contribution < 1.29 is 4.74 Å². The van der Waals surface area contributed by atoms with Crippen molar-refractivity contribution in [2.45, 2.75) is 45.3 Å². The van der Waals surface area contributed by atoms with Crippen molar-refractivity contribution in [2.24, 2.45) is 0 Å². The van der Waals surface area contributed by atoms with Crippen LogP contribution in [0.15, 0.2) is 48.5 Å². The van der Waals surface area contributed by atoms with Crippen molar-refractivity contribution in [3.63, 3.8) is 0 Å². The third-order valence-corrected chi connectivity index (χ3v) is 3.79. The lowest BCUT2D eigenvalue weighted by Gasteiger charge is -2.16. The first-order valence-corrected chi connectivity index (χ1v) is 7.81. The molecule has 1 N–H and O–H groups in total. The quantitative estimate of drug-likeness (QED) is 0.807. The number of hydrogen-bond acceptors (Lipinski definition) is 2. The molecule has 0 unspecified atom stereocenters. The lowest BCUT2D eigenvalue weighted by Crippen LogP contribution is -2.09. The van der Waals surface area contributed by atoms with Crippen molar-refractivity contribution in [3.05, 3.63) is 59.7 Å². The first kappa shape index (κ1) is 14.0. The van der Waals surface area contributed by atoms with E-state index in [2.05, 4.69) is 49.5 Å². The molecule has 110 valence electrons. The summed E-state index contributed by atoms with van der Waals surface area (Å²) in [6.45, 7) is 4.96. The van der Waals surface area contributed by atoms with Gasteiger partial charge in [-0.25, -0.2) is 0 Å². The van der Waals surface area contributed by atoms with E-state index in [1.54, 1.807) is 0 Å². The van der Waals surface area contributed by atoms with E-state index >= 15 is 0 Å². The zero-order valence-corrected chi connectivity index (χ0v) is 12.8. The molecule has 1 saturated carbocycles. The Labute approximate surface area is 127 Å². The van der Waals surface area contributed by atoms with E-state index in [1.165, 1.54) is 24.0 Å². The normalized spacial score (nSPS) is 14.2. The minimum Gasteiger partial charge on any atom is -0.489 e. The summed E-state index contributed by atoms with van der Waals surface area (Å²) in [4.78, 5) is 0. The lowest BCUT2D eigenvalue weighted by atomic mass is 10.0. The minimum atomic E-state index is 0.187. The Bertz CT molecular complexity index is 602. The first-order chi connectivity index (χ1) is 10.2. The topological polar surface area (TPSA) is 21.3 Å². The molecule has 2 nitrogen and oxygen atoms in total. The lowest BCUT2D eigenvalue weighted by molar-refractivity contribution is 0.243. The van der Waals surface area contributed by atoms with Gasteiger partial charge in [-0.3, -0.25) is 0 Å². The SMILES string of the molecule is CC(C)Oc1ccccc1NCc1ccccc1C1CC1. The van der Waals surface area contributed by atoms with Crippen molar-refractivity contribution in [2.75, 3.05) is 5.32 Å². The summed E-state index contributed by atoms with van der Waals surface area (Å²) in [7, 11) is 0. The van der Waals surface area contributed by atoms with E-state index in [0.717, 1.165) is 23.9 Å². The fourth-order valence-corrected chi connectivity index (χ4v) is 2.65. The average Bonchev–Trinajstić information content (AvgIpc) is 3.31. The van der Waals surface area contributed by atoms with Gasteiger partial charge < -0.3 is 10.1 Å². The number of rotatable bonds is 6. The smallest absolute Gasteiger partial charge is 0.142 e. The van der Waals surface area contributed by atoms with Gasteiger partial charge in [0.25, 0.3) is 0 Å². The van der Waals surface area contributed by atoms with Crippen molar-refractivity contribution in [1.29, 1.82) is 0 Å². The molecule has 21 heavy (non-hydrogen) atoms. The molecule has 0 heterocycles. The summed E-state index contributed by atoms with van der Waals surface area (Å²) in [5, 5.41) is 3.53. The third-order valence-electron chi connectivity index (χ3n) is 3.79. The summed E-state index contributed by atoms with van der Waals surface area (Å²) in [6.07, 6.45) is 2.86. The zero-order chi connectivity index (χ0) is 14.7. The van der Waals surface area contributed by atoms with Gasteiger partial charge in [0.2, 0.25) is 0 Å². The van der Waals surface area contributed by atoms with Gasteiger partial charge in [-0.15, -0.1) is 0 Å². The van der Waals surface area contributed by atoms with E-state index in [1.807, 2.05) is 18.2 Å². The van der Waals surface area contributed by atoms with Crippen LogP contribution in [-0.4, -0.2) is 6.10 Å². The second-order valence-corrected chi connectivity index (χ2v) is 5.99. The van der Waals surface area contributed by atoms with Crippen LogP contribution in [0.2, 0.25) is 0 Å². The van der Waals surface area contributed by atoms with Crippen LogP contribution in [0.1, 0.15) is 43.7 Å². The van der Waals surface area contributed by atoms with Crippen LogP contribution in [-0.2, 0) is 6.54 Å². The van der Waals surface area contributed by atoms with E-state index in [9.17, 15) is 0 Å². The van der Waals surface area contributed by atoms with Gasteiger partial charge in [0.1, 0.15) is 5.75 Å². The summed E-state index contributed by atoms with van der Waals surface area (Å²) in [5.41, 5.74) is 3.98. The van der Waals surface area contributed by atoms with Crippen LogP contribution in [0.4, 0.5) is 5.69 Å². The second-order valence-electron chi connectivity index (χ2n) is 5.99. The maximum absolute atomic E-state index is 5.86. The molecule has 0 aromatic heterocycles. The zero-order valence-electron chi connectivity index (χ0n) is 12.8. The Morgan fingerprint density at radius 1 is 1.05 bits per heavy atom. The standard InChI is InChI=1S/C19H23NO/c1-14(2)21-19-10-6-5-9-18(19)20-13-16-7-3-4-8-17(16)15-11-12-15/h3-10,14-15,20H,11-13H2,1-2H3. The first-order valence-electron chi connectivity index (χ1n) is 7.81. The van der Waals surface area contributed by atoms with Gasteiger partial charge in [-0.2, -0.15) is 0 Å². The molecule has 0 saturated heterocycles. The van der Waals surface area contributed by atoms with E-state index in [0.29, 0.717) is 0 Å². The van der Waals surface area contributed by atoms with Gasteiger partial charge in [-0.05, 0) is 55.9 Å². The largest absolute Gasteiger partial charge is 0.489 e. The number of para-hydroxylation sites is 2. The highest BCUT2D eigenvalue weighted by molar-refractivity contribution is 5.56. The molecular weight excluding hydrogens is 258 g/mol. The molecule has 2 heteroatoms. The molecule has 3 rings (SSSR count). The van der Waals surface area contributed by atoms with Crippen LogP contribution in [0, 0.1) is 0 Å². The highest BCUT2D eigenvalue weighted by Gasteiger charge is 2.25. The van der Waals surface area contributed by atoms with Crippen molar-refractivity contribution >= 4 is 5.69 Å². The summed E-state index contributed by atoms with van der Waals surface area (Å²) in [5.74, 6) is 1.71. The molecular formula is C19H23NO. The predicted molar refractivity (Wildman–Crippen MR) is 87.9 cm³/mol. The highest BCUT2D eigenvalue weighted by Crippen LogP contribution is 2.41. The molecule has 0 spiro atoms. The molecule has 0 radical (unpaired) electrons. The van der Waals surface area contributed by atoms with Gasteiger partial charge in [0, 0.05) is 6.54 Å². The maximum Gasteiger partial charge on any atom is 0.142 e. The molecule has 0 aliphatic heterocycles. The van der Waals surface area contributed by atoms with Crippen molar-refractivity contribution in [1.82, 2.24) is 0 Å². The van der Waals surface area contributed by atoms with Crippen LogP contribution in [0.5, 0.6) is 5.75 Å². The molecule has 2 aromatic carbocycles. The summed E-state index contributed by atoms with van der Waals surface area (Å²) in [6, 6.07) is 16.9. The van der Waals surface area contributed by atoms with Crippen LogP contribution in [0.25, 0.3) is 0 Å².